The monoisotopic (exact) mass is 581 g/mol. The maximum atomic E-state index is 12.8. The van der Waals surface area contributed by atoms with Crippen LogP contribution >= 0.6 is 23.1 Å². The predicted molar refractivity (Wildman–Crippen MR) is 154 cm³/mol. The van der Waals surface area contributed by atoms with Crippen molar-refractivity contribution in [3.63, 3.8) is 0 Å². The fourth-order valence-electron chi connectivity index (χ4n) is 4.50. The molecule has 9 nitrogen and oxygen atoms in total. The molecule has 1 aliphatic rings. The number of imidazole rings is 1. The number of hydrogen-bond donors (Lipinski definition) is 2. The number of halogens is 1. The van der Waals surface area contributed by atoms with E-state index in [1.165, 1.54) is 0 Å². The number of likely N-dealkylation sites (N-methyl/N-ethyl adjacent to an activating group) is 1. The van der Waals surface area contributed by atoms with Crippen LogP contribution in [0.25, 0.3) is 11.3 Å². The topological polar surface area (TPSA) is 97.2 Å². The van der Waals surface area contributed by atoms with E-state index >= 15 is 0 Å². The Kier molecular flexibility index (Phi) is 6.72. The summed E-state index contributed by atoms with van der Waals surface area (Å²) >= 11 is 3.54. The lowest BCUT2D eigenvalue weighted by Crippen LogP contribution is -2.21. The van der Waals surface area contributed by atoms with Gasteiger partial charge in [0.2, 0.25) is 5.95 Å². The molecule has 0 amide bonds. The highest BCUT2D eigenvalue weighted by Gasteiger charge is 2.23. The number of anilines is 5. The van der Waals surface area contributed by atoms with Crippen LogP contribution in [0.5, 0.6) is 5.75 Å². The van der Waals surface area contributed by atoms with Crippen LogP contribution < -0.4 is 25.6 Å². The van der Waals surface area contributed by atoms with Gasteiger partial charge < -0.3 is 29.4 Å². The molecule has 2 N–H and O–H groups in total. The average Bonchev–Trinajstić information content (AvgIpc) is 3.17. The largest absolute Gasteiger partial charge is 0.494 e. The molecule has 192 valence electrons. The number of fused-ring (bicyclic) bond motifs is 3. The van der Waals surface area contributed by atoms with Crippen molar-refractivity contribution in [3.8, 4) is 17.0 Å². The molecule has 0 atom stereocenters. The van der Waals surface area contributed by atoms with Crippen molar-refractivity contribution in [3.05, 3.63) is 59.1 Å². The highest BCUT2D eigenvalue weighted by Crippen LogP contribution is 2.42. The Morgan fingerprint density at radius 3 is 2.59 bits per heavy atom. The standard InChI is InChI=1S/C26H29BrN7O2P/c1-16-28-15-22-17-12-20(23(36-3)13-21(17)33(2)10-11-34(16)22)31-26-29-14-18(27)25(32-26)30-19-8-6-7-9-24(19)37(4,5)35/h6-9,12-15H,10-11H2,1-5H3,(H2,29,30,31,32). The molecule has 0 aliphatic carbocycles. The Labute approximate surface area is 224 Å². The Bertz CT molecular complexity index is 1530. The van der Waals surface area contributed by atoms with Crippen LogP contribution in [0, 0.1) is 6.92 Å². The van der Waals surface area contributed by atoms with Gasteiger partial charge in [0.25, 0.3) is 0 Å². The minimum atomic E-state index is -2.49. The lowest BCUT2D eigenvalue weighted by Gasteiger charge is -2.21. The van der Waals surface area contributed by atoms with Gasteiger partial charge in [-0.15, -0.1) is 0 Å². The van der Waals surface area contributed by atoms with E-state index in [2.05, 4.69) is 59.1 Å². The first kappa shape index (κ1) is 25.3. The molecule has 1 aliphatic heterocycles. The third-order valence-corrected chi connectivity index (χ3v) is 8.58. The molecule has 0 spiro atoms. The summed E-state index contributed by atoms with van der Waals surface area (Å²) < 4.78 is 21.5. The molecular weight excluding hydrogens is 553 g/mol. The second-order valence-corrected chi connectivity index (χ2v) is 13.4. The third-order valence-electron chi connectivity index (χ3n) is 6.45. The summed E-state index contributed by atoms with van der Waals surface area (Å²) in [4.78, 5) is 15.9. The van der Waals surface area contributed by atoms with Crippen molar-refractivity contribution in [1.82, 2.24) is 19.5 Å². The van der Waals surface area contributed by atoms with Crippen molar-refractivity contribution in [2.45, 2.75) is 13.5 Å². The van der Waals surface area contributed by atoms with Gasteiger partial charge in [-0.25, -0.2) is 9.97 Å². The van der Waals surface area contributed by atoms with Crippen LogP contribution in [-0.2, 0) is 11.1 Å². The van der Waals surface area contributed by atoms with Crippen molar-refractivity contribution < 1.29 is 9.30 Å². The molecule has 0 fully saturated rings. The number of hydrogen-bond acceptors (Lipinski definition) is 8. The van der Waals surface area contributed by atoms with Gasteiger partial charge in [0, 0.05) is 49.0 Å². The smallest absolute Gasteiger partial charge is 0.229 e. The molecule has 5 rings (SSSR count). The molecule has 0 radical (unpaired) electrons. The highest BCUT2D eigenvalue weighted by molar-refractivity contribution is 9.10. The minimum absolute atomic E-state index is 0.393. The van der Waals surface area contributed by atoms with Gasteiger partial charge in [0.05, 0.1) is 34.8 Å². The summed E-state index contributed by atoms with van der Waals surface area (Å²) in [5.74, 6) is 2.61. The van der Waals surface area contributed by atoms with Gasteiger partial charge >= 0.3 is 0 Å². The lowest BCUT2D eigenvalue weighted by atomic mass is 10.1. The summed E-state index contributed by atoms with van der Waals surface area (Å²) in [6.45, 7) is 7.25. The fourth-order valence-corrected chi connectivity index (χ4v) is 5.95. The summed E-state index contributed by atoms with van der Waals surface area (Å²) in [6, 6.07) is 11.7. The Balaban J connectivity index is 1.53. The summed E-state index contributed by atoms with van der Waals surface area (Å²) in [5, 5.41) is 7.42. The Morgan fingerprint density at radius 1 is 1.05 bits per heavy atom. The number of aryl methyl sites for hydroxylation is 1. The molecule has 0 saturated carbocycles. The average molecular weight is 582 g/mol. The number of para-hydroxylation sites is 1. The minimum Gasteiger partial charge on any atom is -0.494 e. The van der Waals surface area contributed by atoms with Crippen LogP contribution in [0.15, 0.2) is 53.3 Å². The van der Waals surface area contributed by atoms with Crippen LogP contribution in [0.2, 0.25) is 0 Å². The lowest BCUT2D eigenvalue weighted by molar-refractivity contribution is 0.417. The van der Waals surface area contributed by atoms with Crippen molar-refractivity contribution in [1.29, 1.82) is 0 Å². The summed E-state index contributed by atoms with van der Waals surface area (Å²) in [6.07, 6.45) is 3.60. The van der Waals surface area contributed by atoms with E-state index in [1.807, 2.05) is 43.5 Å². The van der Waals surface area contributed by atoms with Crippen molar-refractivity contribution in [2.24, 2.45) is 0 Å². The molecular formula is C26H29BrN7O2P. The fraction of sp³-hybridized carbons (Fsp3) is 0.269. The number of nitrogens with one attached hydrogen (secondary N) is 2. The summed E-state index contributed by atoms with van der Waals surface area (Å²) in [5.41, 5.74) is 4.66. The van der Waals surface area contributed by atoms with Gasteiger partial charge in [-0.1, -0.05) is 12.1 Å². The molecule has 3 heterocycles. The van der Waals surface area contributed by atoms with Crippen LogP contribution in [0.1, 0.15) is 5.82 Å². The zero-order valence-corrected chi connectivity index (χ0v) is 23.9. The first-order valence-electron chi connectivity index (χ1n) is 11.8. The maximum Gasteiger partial charge on any atom is 0.229 e. The Morgan fingerprint density at radius 2 is 1.84 bits per heavy atom. The number of ether oxygens (including phenoxy) is 1. The molecule has 2 aromatic carbocycles. The third kappa shape index (κ3) is 4.95. The number of nitrogens with zero attached hydrogens (tertiary/aromatic N) is 5. The van der Waals surface area contributed by atoms with Crippen LogP contribution in [0.3, 0.4) is 0 Å². The van der Waals surface area contributed by atoms with E-state index in [9.17, 15) is 4.57 Å². The molecule has 0 unspecified atom stereocenters. The van der Waals surface area contributed by atoms with Gasteiger partial charge in [-0.05, 0) is 54.4 Å². The van der Waals surface area contributed by atoms with E-state index in [0.717, 1.165) is 52.5 Å². The second-order valence-electron chi connectivity index (χ2n) is 9.34. The summed E-state index contributed by atoms with van der Waals surface area (Å²) in [7, 11) is 1.24. The molecule has 11 heteroatoms. The SMILES string of the molecule is COc1cc2c(cc1Nc1ncc(Br)c(Nc3ccccc3P(C)(C)=O)n1)-c1cnc(C)n1CCN2C. The number of methoxy groups -OCH3 is 1. The first-order chi connectivity index (χ1) is 17.7. The van der Waals surface area contributed by atoms with E-state index < -0.39 is 7.14 Å². The van der Waals surface area contributed by atoms with Gasteiger partial charge in [0.15, 0.2) is 0 Å². The molecule has 4 aromatic rings. The first-order valence-corrected chi connectivity index (χ1v) is 15.2. The zero-order chi connectivity index (χ0) is 26.3. The van der Waals surface area contributed by atoms with Crippen molar-refractivity contribution in [2.75, 3.05) is 49.6 Å². The zero-order valence-electron chi connectivity index (χ0n) is 21.4. The van der Waals surface area contributed by atoms with Gasteiger partial charge in [-0.2, -0.15) is 4.98 Å². The van der Waals surface area contributed by atoms with E-state index in [0.29, 0.717) is 22.0 Å². The van der Waals surface area contributed by atoms with Gasteiger partial charge in [0.1, 0.15) is 24.5 Å². The Hall–Kier alpha value is -3.36. The van der Waals surface area contributed by atoms with Crippen LogP contribution in [-0.4, -0.2) is 53.6 Å². The van der Waals surface area contributed by atoms with E-state index in [-0.39, 0.29) is 0 Å². The number of rotatable bonds is 6. The van der Waals surface area contributed by atoms with Gasteiger partial charge in [-0.3, -0.25) is 0 Å². The van der Waals surface area contributed by atoms with Crippen molar-refractivity contribution >= 4 is 57.2 Å². The predicted octanol–water partition coefficient (Wildman–Crippen LogP) is 5.60. The number of aromatic nitrogens is 4. The second kappa shape index (κ2) is 9.84. The molecule has 37 heavy (non-hydrogen) atoms. The normalized spacial score (nSPS) is 13.0. The van der Waals surface area contributed by atoms with Crippen LogP contribution in [0.4, 0.5) is 28.8 Å². The van der Waals surface area contributed by atoms with E-state index in [4.69, 9.17) is 9.72 Å². The molecule has 0 saturated heterocycles. The van der Waals surface area contributed by atoms with E-state index in [1.54, 1.807) is 26.6 Å². The highest BCUT2D eigenvalue weighted by atomic mass is 79.9. The maximum absolute atomic E-state index is 12.8. The number of benzene rings is 2. The molecule has 0 bridgehead atoms. The molecule has 2 aromatic heterocycles. The quantitative estimate of drug-likeness (QED) is 0.284.